The van der Waals surface area contributed by atoms with Crippen molar-refractivity contribution in [1.29, 1.82) is 5.26 Å². The second-order valence-electron chi connectivity index (χ2n) is 14.0. The highest BCUT2D eigenvalue weighted by atomic mass is 15.0. The summed E-state index contributed by atoms with van der Waals surface area (Å²) >= 11 is 0. The van der Waals surface area contributed by atoms with Gasteiger partial charge in [0, 0.05) is 23.0 Å². The quantitative estimate of drug-likeness (QED) is 0.177. The molecule has 8 aromatic rings. The monoisotopic (exact) mass is 666 g/mol. The normalized spacial score (nSPS) is 12.6. The van der Waals surface area contributed by atoms with Crippen LogP contribution in [0.15, 0.2) is 158 Å². The molecule has 0 spiro atoms. The van der Waals surface area contributed by atoms with Crippen molar-refractivity contribution in [2.24, 2.45) is 0 Å². The highest BCUT2D eigenvalue weighted by molar-refractivity contribution is 5.92. The zero-order valence-electron chi connectivity index (χ0n) is 29.0. The molecular formula is C48H34N4. The molecule has 4 nitrogen and oxygen atoms in total. The van der Waals surface area contributed by atoms with Gasteiger partial charge in [0.25, 0.3) is 0 Å². The van der Waals surface area contributed by atoms with E-state index >= 15 is 0 Å². The van der Waals surface area contributed by atoms with Crippen molar-refractivity contribution < 1.29 is 0 Å². The Morgan fingerprint density at radius 2 is 1.06 bits per heavy atom. The van der Waals surface area contributed by atoms with Crippen LogP contribution in [0.1, 0.15) is 41.9 Å². The lowest BCUT2D eigenvalue weighted by Crippen LogP contribution is -2.15. The first kappa shape index (κ1) is 31.3. The maximum absolute atomic E-state index is 9.55. The molecule has 0 saturated heterocycles. The Bertz CT molecular complexity index is 2610. The molecular weight excluding hydrogens is 633 g/mol. The van der Waals surface area contributed by atoms with Gasteiger partial charge < -0.3 is 0 Å². The molecule has 0 radical (unpaired) electrons. The van der Waals surface area contributed by atoms with E-state index in [0.29, 0.717) is 23.6 Å². The van der Waals surface area contributed by atoms with Crippen LogP contribution >= 0.6 is 0 Å². The molecule has 1 aromatic heterocycles. The minimum atomic E-state index is -0.191. The summed E-state index contributed by atoms with van der Waals surface area (Å²) < 4.78 is 0. The lowest BCUT2D eigenvalue weighted by molar-refractivity contribution is 0.660. The molecule has 246 valence electrons. The first-order chi connectivity index (χ1) is 25.5. The summed E-state index contributed by atoms with van der Waals surface area (Å²) in [6, 6.07) is 57.3. The SMILES string of the molecule is CC1(C)c2cc(C#N)ccc2-c2ccc(-c3ccc(-c4ccc5ccccc5c4Cc4nc(-c5ccccc5)nc(-c5ccccc5)n4)cc3)cc21. The number of nitrogens with zero attached hydrogens (tertiary/aromatic N) is 4. The maximum Gasteiger partial charge on any atom is 0.163 e. The number of benzene rings is 7. The van der Waals surface area contributed by atoms with Crippen LogP contribution in [0.4, 0.5) is 0 Å². The van der Waals surface area contributed by atoms with Crippen LogP contribution in [0.3, 0.4) is 0 Å². The molecule has 0 saturated carbocycles. The highest BCUT2D eigenvalue weighted by Crippen LogP contribution is 2.50. The number of fused-ring (bicyclic) bond motifs is 4. The largest absolute Gasteiger partial charge is 0.213 e. The van der Waals surface area contributed by atoms with Gasteiger partial charge in [0.05, 0.1) is 11.6 Å². The molecule has 0 amide bonds. The Labute approximate surface area is 303 Å². The van der Waals surface area contributed by atoms with E-state index < -0.39 is 0 Å². The smallest absolute Gasteiger partial charge is 0.163 e. The Morgan fingerprint density at radius 1 is 0.500 bits per heavy atom. The Hall–Kier alpha value is -6.70. The third-order valence-corrected chi connectivity index (χ3v) is 10.5. The van der Waals surface area contributed by atoms with Gasteiger partial charge in [0.15, 0.2) is 11.6 Å². The van der Waals surface area contributed by atoms with Crippen molar-refractivity contribution in [2.45, 2.75) is 25.7 Å². The molecule has 1 aliphatic carbocycles. The first-order valence-corrected chi connectivity index (χ1v) is 17.6. The summed E-state index contributed by atoms with van der Waals surface area (Å²) in [5, 5.41) is 11.9. The van der Waals surface area contributed by atoms with Gasteiger partial charge in [-0.05, 0) is 79.0 Å². The third kappa shape index (κ3) is 5.44. The molecule has 52 heavy (non-hydrogen) atoms. The Morgan fingerprint density at radius 3 is 1.73 bits per heavy atom. The van der Waals surface area contributed by atoms with Crippen molar-refractivity contribution in [3.8, 4) is 62.2 Å². The van der Waals surface area contributed by atoms with Gasteiger partial charge in [-0.2, -0.15) is 5.26 Å². The number of aromatic nitrogens is 3. The fourth-order valence-electron chi connectivity index (χ4n) is 7.72. The van der Waals surface area contributed by atoms with Gasteiger partial charge in [-0.25, -0.2) is 15.0 Å². The summed E-state index contributed by atoms with van der Waals surface area (Å²) in [5.74, 6) is 2.06. The van der Waals surface area contributed by atoms with Crippen molar-refractivity contribution >= 4 is 10.8 Å². The van der Waals surface area contributed by atoms with Crippen molar-refractivity contribution in [1.82, 2.24) is 15.0 Å². The van der Waals surface area contributed by atoms with Crippen LogP contribution in [-0.2, 0) is 11.8 Å². The molecule has 1 heterocycles. The van der Waals surface area contributed by atoms with Crippen molar-refractivity contribution in [3.63, 3.8) is 0 Å². The second-order valence-corrected chi connectivity index (χ2v) is 14.0. The summed E-state index contributed by atoms with van der Waals surface area (Å²) in [6.07, 6.45) is 0.550. The first-order valence-electron chi connectivity index (χ1n) is 17.6. The lowest BCUT2D eigenvalue weighted by Gasteiger charge is -2.22. The summed E-state index contributed by atoms with van der Waals surface area (Å²) in [5.41, 5.74) is 13.2. The average molecular weight is 667 g/mol. The number of nitriles is 1. The number of rotatable bonds is 6. The van der Waals surface area contributed by atoms with Gasteiger partial charge in [0.1, 0.15) is 5.82 Å². The highest BCUT2D eigenvalue weighted by Gasteiger charge is 2.35. The zero-order chi connectivity index (χ0) is 35.2. The van der Waals surface area contributed by atoms with Gasteiger partial charge in [-0.3, -0.25) is 0 Å². The van der Waals surface area contributed by atoms with E-state index in [1.165, 1.54) is 44.2 Å². The van der Waals surface area contributed by atoms with Crippen LogP contribution in [0.2, 0.25) is 0 Å². The van der Waals surface area contributed by atoms with Crippen molar-refractivity contribution in [3.05, 3.63) is 186 Å². The molecule has 0 unspecified atom stereocenters. The minimum absolute atomic E-state index is 0.191. The third-order valence-electron chi connectivity index (χ3n) is 10.5. The molecule has 0 atom stereocenters. The average Bonchev–Trinajstić information content (AvgIpc) is 3.43. The lowest BCUT2D eigenvalue weighted by atomic mass is 9.81. The van der Waals surface area contributed by atoms with Crippen molar-refractivity contribution in [2.75, 3.05) is 0 Å². The molecule has 0 fully saturated rings. The fourth-order valence-corrected chi connectivity index (χ4v) is 7.72. The predicted molar refractivity (Wildman–Crippen MR) is 211 cm³/mol. The van der Waals surface area contributed by atoms with Gasteiger partial charge >= 0.3 is 0 Å². The van der Waals surface area contributed by atoms with Crippen LogP contribution in [0.25, 0.3) is 66.9 Å². The molecule has 9 rings (SSSR count). The Balaban J connectivity index is 1.11. The van der Waals surface area contributed by atoms with Gasteiger partial charge in [-0.1, -0.05) is 153 Å². The molecule has 4 heteroatoms. The van der Waals surface area contributed by atoms with Crippen LogP contribution < -0.4 is 0 Å². The van der Waals surface area contributed by atoms with Crippen LogP contribution in [-0.4, -0.2) is 15.0 Å². The van der Waals surface area contributed by atoms with E-state index in [4.69, 9.17) is 15.0 Å². The Kier molecular flexibility index (Phi) is 7.56. The topological polar surface area (TPSA) is 62.5 Å². The number of hydrogen-bond acceptors (Lipinski definition) is 4. The second kappa shape index (κ2) is 12.6. The van der Waals surface area contributed by atoms with E-state index in [1.54, 1.807) is 0 Å². The minimum Gasteiger partial charge on any atom is -0.213 e. The number of hydrogen-bond donors (Lipinski definition) is 0. The predicted octanol–water partition coefficient (Wildman–Crippen LogP) is 11.5. The molecule has 0 N–H and O–H groups in total. The molecule has 1 aliphatic rings. The van der Waals surface area contributed by atoms with E-state index in [2.05, 4.69) is 105 Å². The molecule has 7 aromatic carbocycles. The maximum atomic E-state index is 9.55. The van der Waals surface area contributed by atoms with Gasteiger partial charge in [-0.15, -0.1) is 0 Å². The zero-order valence-corrected chi connectivity index (χ0v) is 29.0. The van der Waals surface area contributed by atoms with E-state index in [0.717, 1.165) is 33.6 Å². The van der Waals surface area contributed by atoms with E-state index in [1.807, 2.05) is 72.8 Å². The summed E-state index contributed by atoms with van der Waals surface area (Å²) in [4.78, 5) is 15.0. The summed E-state index contributed by atoms with van der Waals surface area (Å²) in [7, 11) is 0. The standard InChI is InChI=1S/C48H34N4/c1-48(2)43-27-31(30-49)17-24-40(43)41-26-23-37(28-44(41)48)32-18-20-34(21-19-32)39-25-22-33-11-9-10-16-38(33)42(39)29-45-50-46(35-12-5-3-6-13-35)52-47(51-45)36-14-7-4-8-15-36/h3-28H,29H2,1-2H3. The van der Waals surface area contributed by atoms with Crippen LogP contribution in [0, 0.1) is 11.3 Å². The molecule has 0 aliphatic heterocycles. The van der Waals surface area contributed by atoms with E-state index in [-0.39, 0.29) is 5.41 Å². The summed E-state index contributed by atoms with van der Waals surface area (Å²) in [6.45, 7) is 4.51. The van der Waals surface area contributed by atoms with Gasteiger partial charge in [0.2, 0.25) is 0 Å². The molecule has 0 bridgehead atoms. The van der Waals surface area contributed by atoms with Crippen LogP contribution in [0.5, 0.6) is 0 Å². The van der Waals surface area contributed by atoms with E-state index in [9.17, 15) is 5.26 Å². The fraction of sp³-hybridized carbons (Fsp3) is 0.0833.